The molecule has 1 rings (SSSR count). The van der Waals surface area contributed by atoms with Crippen molar-refractivity contribution in [2.24, 2.45) is 5.92 Å². The first-order valence-corrected chi connectivity index (χ1v) is 5.93. The molecule has 1 aliphatic carbocycles. The van der Waals surface area contributed by atoms with E-state index in [2.05, 4.69) is 6.07 Å². The van der Waals surface area contributed by atoms with Crippen LogP contribution in [-0.4, -0.2) is 24.7 Å². The lowest BCUT2D eigenvalue weighted by molar-refractivity contribution is 0.200. The maximum absolute atomic E-state index is 8.85. The number of nitrogens with zero attached hydrogens (tertiary/aromatic N) is 1. The molecule has 0 aromatic carbocycles. The van der Waals surface area contributed by atoms with Gasteiger partial charge in [0.15, 0.2) is 0 Å². The van der Waals surface area contributed by atoms with Gasteiger partial charge in [0.1, 0.15) is 0 Å². The quantitative estimate of drug-likeness (QED) is 0.638. The van der Waals surface area contributed by atoms with Crippen molar-refractivity contribution in [3.63, 3.8) is 0 Å². The predicted octanol–water partition coefficient (Wildman–Crippen LogP) is 2.45. The Hall–Kier alpha value is -0.200. The molecule has 1 fully saturated rings. The van der Waals surface area contributed by atoms with E-state index >= 15 is 0 Å². The Morgan fingerprint density at radius 1 is 1.54 bits per heavy atom. The van der Waals surface area contributed by atoms with Crippen molar-refractivity contribution < 1.29 is 4.74 Å². The highest BCUT2D eigenvalue weighted by atomic mass is 32.2. The van der Waals surface area contributed by atoms with Gasteiger partial charge >= 0.3 is 0 Å². The van der Waals surface area contributed by atoms with Gasteiger partial charge in [-0.05, 0) is 25.0 Å². The van der Waals surface area contributed by atoms with Gasteiger partial charge in [0.05, 0.1) is 12.0 Å². The average Bonchev–Trinajstić information content (AvgIpc) is 2.60. The first-order valence-electron chi connectivity index (χ1n) is 4.88. The summed E-state index contributed by atoms with van der Waals surface area (Å²) < 4.78 is 4.98. The molecule has 0 spiro atoms. The maximum atomic E-state index is 8.85. The minimum absolute atomic E-state index is 0.313. The Kier molecular flexibility index (Phi) is 5.26. The molecule has 2 atom stereocenters. The molecular formula is C10H17NOS. The molecule has 1 saturated carbocycles. The molecular weight excluding hydrogens is 182 g/mol. The van der Waals surface area contributed by atoms with Crippen LogP contribution in [0.4, 0.5) is 0 Å². The number of hydrogen-bond donors (Lipinski definition) is 0. The van der Waals surface area contributed by atoms with Crippen molar-refractivity contribution >= 4 is 11.8 Å². The smallest absolute Gasteiger partial charge is 0.0667 e. The number of thioether (sulfide) groups is 1. The maximum Gasteiger partial charge on any atom is 0.0667 e. The molecule has 13 heavy (non-hydrogen) atoms. The molecule has 0 aliphatic heterocycles. The molecule has 1 aliphatic rings. The standard InChI is InChI=1S/C10H17NOS/c1-12-6-3-7-13-10-5-2-4-9(10)8-11/h9-10H,2-7H2,1H3. The third-order valence-corrected chi connectivity index (χ3v) is 3.96. The Morgan fingerprint density at radius 2 is 2.38 bits per heavy atom. The number of ether oxygens (including phenoxy) is 1. The lowest BCUT2D eigenvalue weighted by Crippen LogP contribution is -2.08. The predicted molar refractivity (Wildman–Crippen MR) is 55.7 cm³/mol. The molecule has 0 bridgehead atoms. The summed E-state index contributed by atoms with van der Waals surface area (Å²) in [5.74, 6) is 1.45. The molecule has 0 aromatic rings. The molecule has 2 nitrogen and oxygen atoms in total. The van der Waals surface area contributed by atoms with E-state index < -0.39 is 0 Å². The first kappa shape index (κ1) is 10.9. The van der Waals surface area contributed by atoms with Crippen molar-refractivity contribution in [2.75, 3.05) is 19.5 Å². The first-order chi connectivity index (χ1) is 6.38. The van der Waals surface area contributed by atoms with Crippen LogP contribution in [-0.2, 0) is 4.74 Å². The number of methoxy groups -OCH3 is 1. The number of rotatable bonds is 5. The zero-order valence-electron chi connectivity index (χ0n) is 8.16. The van der Waals surface area contributed by atoms with Crippen LogP contribution >= 0.6 is 11.8 Å². The third-order valence-electron chi connectivity index (χ3n) is 2.44. The van der Waals surface area contributed by atoms with Gasteiger partial charge in [0, 0.05) is 19.0 Å². The fraction of sp³-hybridized carbons (Fsp3) is 0.900. The lowest BCUT2D eigenvalue weighted by atomic mass is 10.1. The van der Waals surface area contributed by atoms with Crippen molar-refractivity contribution in [3.05, 3.63) is 0 Å². The SMILES string of the molecule is COCCCSC1CCCC1C#N. The van der Waals surface area contributed by atoms with Crippen LogP contribution in [0.2, 0.25) is 0 Å². The fourth-order valence-electron chi connectivity index (χ4n) is 1.71. The van der Waals surface area contributed by atoms with Gasteiger partial charge in [-0.3, -0.25) is 0 Å². The summed E-state index contributed by atoms with van der Waals surface area (Å²) in [6, 6.07) is 2.40. The van der Waals surface area contributed by atoms with Crippen LogP contribution in [0.3, 0.4) is 0 Å². The monoisotopic (exact) mass is 199 g/mol. The van der Waals surface area contributed by atoms with Crippen LogP contribution in [0, 0.1) is 17.2 Å². The second-order valence-electron chi connectivity index (χ2n) is 3.42. The molecule has 3 heteroatoms. The van der Waals surface area contributed by atoms with E-state index in [1.807, 2.05) is 11.8 Å². The van der Waals surface area contributed by atoms with Crippen LogP contribution in [0.15, 0.2) is 0 Å². The van der Waals surface area contributed by atoms with Gasteiger partial charge in [-0.15, -0.1) is 0 Å². The van der Waals surface area contributed by atoms with Gasteiger partial charge in [0.25, 0.3) is 0 Å². The van der Waals surface area contributed by atoms with Gasteiger partial charge in [-0.1, -0.05) is 6.42 Å². The van der Waals surface area contributed by atoms with Crippen molar-refractivity contribution in [1.29, 1.82) is 5.26 Å². The molecule has 0 heterocycles. The molecule has 0 saturated heterocycles. The molecule has 0 N–H and O–H groups in total. The van der Waals surface area contributed by atoms with E-state index in [0.29, 0.717) is 11.2 Å². The summed E-state index contributed by atoms with van der Waals surface area (Å²) in [6.07, 6.45) is 4.68. The number of nitriles is 1. The van der Waals surface area contributed by atoms with Crippen LogP contribution in [0.5, 0.6) is 0 Å². The summed E-state index contributed by atoms with van der Waals surface area (Å²) in [4.78, 5) is 0. The normalized spacial score (nSPS) is 27.4. The highest BCUT2D eigenvalue weighted by Gasteiger charge is 2.26. The molecule has 0 radical (unpaired) electrons. The van der Waals surface area contributed by atoms with Gasteiger partial charge in [0.2, 0.25) is 0 Å². The van der Waals surface area contributed by atoms with Crippen LogP contribution in [0.1, 0.15) is 25.7 Å². The van der Waals surface area contributed by atoms with E-state index in [-0.39, 0.29) is 0 Å². The van der Waals surface area contributed by atoms with E-state index in [4.69, 9.17) is 10.00 Å². The van der Waals surface area contributed by atoms with Crippen molar-refractivity contribution in [1.82, 2.24) is 0 Å². The highest BCUT2D eigenvalue weighted by Crippen LogP contribution is 2.34. The largest absolute Gasteiger partial charge is 0.385 e. The molecule has 74 valence electrons. The summed E-state index contributed by atoms with van der Waals surface area (Å²) in [7, 11) is 1.73. The topological polar surface area (TPSA) is 33.0 Å². The zero-order chi connectivity index (χ0) is 9.52. The van der Waals surface area contributed by atoms with Crippen molar-refractivity contribution in [3.8, 4) is 6.07 Å². The van der Waals surface area contributed by atoms with E-state index in [1.165, 1.54) is 12.8 Å². The van der Waals surface area contributed by atoms with Crippen LogP contribution < -0.4 is 0 Å². The Labute approximate surface area is 84.6 Å². The fourth-order valence-corrected chi connectivity index (χ4v) is 3.06. The van der Waals surface area contributed by atoms with E-state index in [0.717, 1.165) is 25.2 Å². The summed E-state index contributed by atoms with van der Waals surface area (Å²) in [5.41, 5.74) is 0. The molecule has 0 aromatic heterocycles. The summed E-state index contributed by atoms with van der Waals surface area (Å²) in [6.45, 7) is 0.844. The minimum atomic E-state index is 0.313. The van der Waals surface area contributed by atoms with E-state index in [1.54, 1.807) is 7.11 Å². The van der Waals surface area contributed by atoms with E-state index in [9.17, 15) is 0 Å². The van der Waals surface area contributed by atoms with Crippen molar-refractivity contribution in [2.45, 2.75) is 30.9 Å². The third kappa shape index (κ3) is 3.58. The Morgan fingerprint density at radius 3 is 3.08 bits per heavy atom. The van der Waals surface area contributed by atoms with Gasteiger partial charge in [-0.2, -0.15) is 17.0 Å². The highest BCUT2D eigenvalue weighted by molar-refractivity contribution is 7.99. The average molecular weight is 199 g/mol. The lowest BCUT2D eigenvalue weighted by Gasteiger charge is -2.11. The molecule has 0 amide bonds. The van der Waals surface area contributed by atoms with Crippen LogP contribution in [0.25, 0.3) is 0 Å². The Bertz CT molecular complexity index is 178. The van der Waals surface area contributed by atoms with Gasteiger partial charge < -0.3 is 4.74 Å². The minimum Gasteiger partial charge on any atom is -0.385 e. The second kappa shape index (κ2) is 6.28. The zero-order valence-corrected chi connectivity index (χ0v) is 8.98. The summed E-state index contributed by atoms with van der Waals surface area (Å²) in [5, 5.41) is 9.45. The number of hydrogen-bond acceptors (Lipinski definition) is 3. The second-order valence-corrected chi connectivity index (χ2v) is 4.77. The Balaban J connectivity index is 2.10. The summed E-state index contributed by atoms with van der Waals surface area (Å²) >= 11 is 1.95. The molecule has 2 unspecified atom stereocenters. The van der Waals surface area contributed by atoms with Gasteiger partial charge in [-0.25, -0.2) is 0 Å².